The minimum absolute atomic E-state index is 0.151. The first-order valence-electron chi connectivity index (χ1n) is 8.74. The Labute approximate surface area is 167 Å². The van der Waals surface area contributed by atoms with Crippen molar-refractivity contribution in [3.8, 4) is 5.75 Å². The van der Waals surface area contributed by atoms with Gasteiger partial charge in [-0.2, -0.15) is 0 Å². The molecule has 150 valence electrons. The molecular formula is C20H23NO6S. The molecule has 0 bridgehead atoms. The van der Waals surface area contributed by atoms with Crippen molar-refractivity contribution in [3.05, 3.63) is 64.4 Å². The van der Waals surface area contributed by atoms with E-state index in [9.17, 15) is 9.59 Å². The molecule has 2 heterocycles. The van der Waals surface area contributed by atoms with Crippen molar-refractivity contribution < 1.29 is 29.3 Å². The number of thiophene rings is 1. The lowest BCUT2D eigenvalue weighted by molar-refractivity contribution is -0.134. The Kier molecular flexibility index (Phi) is 9.20. The molecule has 0 spiro atoms. The lowest BCUT2D eigenvalue weighted by Gasteiger charge is -2.24. The van der Waals surface area contributed by atoms with Crippen molar-refractivity contribution in [1.82, 2.24) is 5.32 Å². The van der Waals surface area contributed by atoms with Gasteiger partial charge in [-0.15, -0.1) is 11.3 Å². The summed E-state index contributed by atoms with van der Waals surface area (Å²) in [5.41, 5.74) is 1.23. The lowest BCUT2D eigenvalue weighted by atomic mass is 10.1. The molecule has 1 aromatic carbocycles. The number of carboxylic acids is 2. The second kappa shape index (κ2) is 11.9. The molecule has 0 amide bonds. The van der Waals surface area contributed by atoms with Gasteiger partial charge in [-0.3, -0.25) is 0 Å². The predicted molar refractivity (Wildman–Crippen MR) is 106 cm³/mol. The molecule has 28 heavy (non-hydrogen) atoms. The highest BCUT2D eigenvalue weighted by Gasteiger charge is 2.14. The van der Waals surface area contributed by atoms with E-state index in [1.807, 2.05) is 12.1 Å². The summed E-state index contributed by atoms with van der Waals surface area (Å²) in [6, 6.07) is 12.5. The molecule has 2 aromatic rings. The van der Waals surface area contributed by atoms with Gasteiger partial charge in [-0.05, 0) is 23.1 Å². The van der Waals surface area contributed by atoms with Crippen LogP contribution in [0.3, 0.4) is 0 Å². The van der Waals surface area contributed by atoms with Crippen LogP contribution in [0.25, 0.3) is 0 Å². The van der Waals surface area contributed by atoms with Gasteiger partial charge in [-0.25, -0.2) is 9.59 Å². The summed E-state index contributed by atoms with van der Waals surface area (Å²) in [5, 5.41) is 21.1. The van der Waals surface area contributed by atoms with Gasteiger partial charge in [0.2, 0.25) is 0 Å². The zero-order valence-electron chi connectivity index (χ0n) is 15.2. The highest BCUT2D eigenvalue weighted by molar-refractivity contribution is 7.09. The molecule has 3 N–H and O–H groups in total. The molecule has 7 nitrogen and oxygen atoms in total. The topological polar surface area (TPSA) is 105 Å². The van der Waals surface area contributed by atoms with Crippen LogP contribution >= 0.6 is 11.3 Å². The van der Waals surface area contributed by atoms with E-state index in [2.05, 4.69) is 35.0 Å². The van der Waals surface area contributed by atoms with Gasteiger partial charge in [0.25, 0.3) is 0 Å². The zero-order valence-corrected chi connectivity index (χ0v) is 16.1. The molecule has 1 atom stereocenters. The third-order valence-electron chi connectivity index (χ3n) is 3.72. The number of rotatable bonds is 7. The number of hydrogen-bond acceptors (Lipinski definition) is 6. The summed E-state index contributed by atoms with van der Waals surface area (Å²) in [6.07, 6.45) is 2.20. The normalized spacial score (nSPS) is 16.2. The minimum atomic E-state index is -1.26. The van der Waals surface area contributed by atoms with Crippen molar-refractivity contribution in [1.29, 1.82) is 0 Å². The van der Waals surface area contributed by atoms with Crippen LogP contribution in [0.5, 0.6) is 5.75 Å². The van der Waals surface area contributed by atoms with Gasteiger partial charge in [0.15, 0.2) is 0 Å². The van der Waals surface area contributed by atoms with E-state index < -0.39 is 11.9 Å². The van der Waals surface area contributed by atoms with Gasteiger partial charge < -0.3 is 25.0 Å². The molecule has 0 aliphatic carbocycles. The fraction of sp³-hybridized carbons (Fsp3) is 0.300. The maximum Gasteiger partial charge on any atom is 0.328 e. The van der Waals surface area contributed by atoms with Crippen molar-refractivity contribution in [3.63, 3.8) is 0 Å². The summed E-state index contributed by atoms with van der Waals surface area (Å²) in [5.74, 6) is -1.55. The Bertz CT molecular complexity index is 753. The highest BCUT2D eigenvalue weighted by atomic mass is 32.1. The molecule has 1 unspecified atom stereocenters. The third-order valence-corrected chi connectivity index (χ3v) is 4.59. The predicted octanol–water partition coefficient (Wildman–Crippen LogP) is 2.42. The smallest absolute Gasteiger partial charge is 0.328 e. The quantitative estimate of drug-likeness (QED) is 0.608. The number of aliphatic carboxylic acids is 2. The number of ether oxygens (including phenoxy) is 2. The van der Waals surface area contributed by atoms with Gasteiger partial charge >= 0.3 is 11.9 Å². The maximum atomic E-state index is 9.55. The largest absolute Gasteiger partial charge is 0.491 e. The number of hydrogen-bond donors (Lipinski definition) is 3. The summed E-state index contributed by atoms with van der Waals surface area (Å²) in [4.78, 5) is 20.5. The molecule has 1 saturated heterocycles. The second-order valence-electron chi connectivity index (χ2n) is 5.88. The van der Waals surface area contributed by atoms with Crippen molar-refractivity contribution in [2.75, 3.05) is 26.3 Å². The lowest BCUT2D eigenvalue weighted by Crippen LogP contribution is -2.41. The number of para-hydroxylation sites is 1. The molecule has 0 radical (unpaired) electrons. The molecule has 1 aromatic heterocycles. The van der Waals surface area contributed by atoms with Gasteiger partial charge in [0, 0.05) is 36.5 Å². The minimum Gasteiger partial charge on any atom is -0.491 e. The molecule has 8 heteroatoms. The van der Waals surface area contributed by atoms with E-state index in [0.29, 0.717) is 18.8 Å². The van der Waals surface area contributed by atoms with Crippen LogP contribution in [-0.4, -0.2) is 54.6 Å². The van der Waals surface area contributed by atoms with Gasteiger partial charge in [-0.1, -0.05) is 24.3 Å². The first kappa shape index (κ1) is 21.6. The number of carbonyl (C=O) groups is 2. The first-order chi connectivity index (χ1) is 13.5. The van der Waals surface area contributed by atoms with E-state index in [4.69, 9.17) is 19.7 Å². The van der Waals surface area contributed by atoms with E-state index in [0.717, 1.165) is 31.9 Å². The van der Waals surface area contributed by atoms with Crippen LogP contribution < -0.4 is 10.1 Å². The number of carboxylic acid groups (broad SMARTS) is 2. The first-order valence-corrected chi connectivity index (χ1v) is 9.62. The van der Waals surface area contributed by atoms with Gasteiger partial charge in [0.1, 0.15) is 18.5 Å². The van der Waals surface area contributed by atoms with Crippen molar-refractivity contribution >= 4 is 23.3 Å². The molecule has 3 rings (SSSR count). The summed E-state index contributed by atoms with van der Waals surface area (Å²) < 4.78 is 11.6. The van der Waals surface area contributed by atoms with E-state index in [1.54, 1.807) is 11.3 Å². The maximum absolute atomic E-state index is 9.55. The average molecular weight is 405 g/mol. The summed E-state index contributed by atoms with van der Waals surface area (Å²) in [6.45, 7) is 3.18. The standard InChI is InChI=1S/C16H19NO2S.C4H4O4/c1-2-6-16(19-12-14-11-17-7-8-18-14)13(4-1)10-15-5-3-9-20-15;5-3(6)1-2-4(7)8/h1-6,9,14,17H,7-8,10-12H2;1-2H,(H,5,6)(H,7,8). The van der Waals surface area contributed by atoms with Crippen LogP contribution in [0, 0.1) is 0 Å². The van der Waals surface area contributed by atoms with Crippen LogP contribution in [0.4, 0.5) is 0 Å². The average Bonchev–Trinajstić information content (AvgIpc) is 3.20. The Morgan fingerprint density at radius 2 is 1.93 bits per heavy atom. The molecule has 0 saturated carbocycles. The number of benzene rings is 1. The van der Waals surface area contributed by atoms with E-state index >= 15 is 0 Å². The van der Waals surface area contributed by atoms with Crippen LogP contribution in [0.1, 0.15) is 10.4 Å². The van der Waals surface area contributed by atoms with Crippen molar-refractivity contribution in [2.24, 2.45) is 0 Å². The highest BCUT2D eigenvalue weighted by Crippen LogP contribution is 2.23. The Hall–Kier alpha value is -2.68. The monoisotopic (exact) mass is 405 g/mol. The molecule has 1 aliphatic heterocycles. The molecule has 1 aliphatic rings. The number of morpholine rings is 1. The van der Waals surface area contributed by atoms with Crippen LogP contribution in [-0.2, 0) is 20.7 Å². The second-order valence-corrected chi connectivity index (χ2v) is 6.91. The fourth-order valence-electron chi connectivity index (χ4n) is 2.44. The Balaban J connectivity index is 0.000000300. The Morgan fingerprint density at radius 3 is 2.54 bits per heavy atom. The van der Waals surface area contributed by atoms with Crippen LogP contribution in [0.15, 0.2) is 53.9 Å². The van der Waals surface area contributed by atoms with Crippen molar-refractivity contribution in [2.45, 2.75) is 12.5 Å². The fourth-order valence-corrected chi connectivity index (χ4v) is 3.17. The molecular weight excluding hydrogens is 382 g/mol. The number of nitrogens with one attached hydrogen (secondary N) is 1. The summed E-state index contributed by atoms with van der Waals surface area (Å²) >= 11 is 1.78. The van der Waals surface area contributed by atoms with E-state index in [-0.39, 0.29) is 6.10 Å². The Morgan fingerprint density at radius 1 is 1.18 bits per heavy atom. The van der Waals surface area contributed by atoms with Crippen LogP contribution in [0.2, 0.25) is 0 Å². The third kappa shape index (κ3) is 8.34. The van der Waals surface area contributed by atoms with Gasteiger partial charge in [0.05, 0.1) is 6.61 Å². The van der Waals surface area contributed by atoms with E-state index in [1.165, 1.54) is 10.4 Å². The summed E-state index contributed by atoms with van der Waals surface area (Å²) in [7, 11) is 0. The molecule has 1 fully saturated rings. The SMILES string of the molecule is O=C(O)C=CC(=O)O.c1csc(Cc2ccccc2OCC2CNCCO2)c1. The zero-order chi connectivity index (χ0) is 20.2.